The van der Waals surface area contributed by atoms with Gasteiger partial charge >= 0.3 is 5.97 Å². The highest BCUT2D eigenvalue weighted by Gasteiger charge is 2.30. The van der Waals surface area contributed by atoms with Gasteiger partial charge < -0.3 is 9.67 Å². The molecule has 1 aromatic carbocycles. The number of aromatic carboxylic acids is 1. The normalized spacial score (nSPS) is 15.7. The third kappa shape index (κ3) is 3.12. The molecule has 0 fully saturated rings. The highest BCUT2D eigenvalue weighted by atomic mass is 35.5. The largest absolute Gasteiger partial charge is 0.477 e. The number of carbonyl (C=O) groups is 1. The van der Waals surface area contributed by atoms with Crippen molar-refractivity contribution in [3.63, 3.8) is 0 Å². The van der Waals surface area contributed by atoms with Crippen molar-refractivity contribution in [2.75, 3.05) is 0 Å². The number of fused-ring (bicyclic) bond motifs is 3. The van der Waals surface area contributed by atoms with Gasteiger partial charge in [0.15, 0.2) is 5.43 Å². The van der Waals surface area contributed by atoms with E-state index in [1.807, 2.05) is 29.0 Å². The van der Waals surface area contributed by atoms with Crippen LogP contribution in [0.3, 0.4) is 0 Å². The Hall–Kier alpha value is -2.02. The molecule has 2 aromatic heterocycles. The van der Waals surface area contributed by atoms with Crippen LogP contribution in [0.15, 0.2) is 45.4 Å². The smallest absolute Gasteiger partial charge is 0.341 e. The average molecular weight is 418 g/mol. The van der Waals surface area contributed by atoms with E-state index in [2.05, 4.69) is 13.0 Å². The van der Waals surface area contributed by atoms with Crippen LogP contribution in [0.4, 0.5) is 0 Å². The van der Waals surface area contributed by atoms with Gasteiger partial charge in [0.2, 0.25) is 0 Å². The topological polar surface area (TPSA) is 59.3 Å². The zero-order valence-corrected chi connectivity index (χ0v) is 17.0. The van der Waals surface area contributed by atoms with E-state index < -0.39 is 11.4 Å². The molecule has 0 spiro atoms. The summed E-state index contributed by atoms with van der Waals surface area (Å²) in [5.74, 6) is -1.19. The van der Waals surface area contributed by atoms with Crippen molar-refractivity contribution in [1.29, 1.82) is 0 Å². The van der Waals surface area contributed by atoms with Gasteiger partial charge in [-0.15, -0.1) is 23.1 Å². The Morgan fingerprint density at radius 1 is 1.26 bits per heavy atom. The van der Waals surface area contributed by atoms with Crippen molar-refractivity contribution in [1.82, 2.24) is 4.57 Å². The molecule has 1 N–H and O–H groups in total. The summed E-state index contributed by atoms with van der Waals surface area (Å²) in [6.07, 6.45) is 0.455. The zero-order chi connectivity index (χ0) is 19.3. The molecule has 0 saturated heterocycles. The number of rotatable bonds is 2. The molecule has 3 aromatic rings. The van der Waals surface area contributed by atoms with Crippen LogP contribution in [0.2, 0.25) is 5.02 Å². The molecular weight excluding hydrogens is 402 g/mol. The number of thioether (sulfide) groups is 1. The maximum absolute atomic E-state index is 12.5. The van der Waals surface area contributed by atoms with Crippen LogP contribution in [0.1, 0.15) is 37.4 Å². The van der Waals surface area contributed by atoms with Gasteiger partial charge in [0.25, 0.3) is 0 Å². The number of pyridine rings is 1. The lowest BCUT2D eigenvalue weighted by atomic mass is 10.0. The fourth-order valence-corrected chi connectivity index (χ4v) is 6.32. The van der Waals surface area contributed by atoms with Crippen LogP contribution in [-0.2, 0) is 6.42 Å². The Bertz CT molecular complexity index is 1130. The van der Waals surface area contributed by atoms with Crippen molar-refractivity contribution in [2.45, 2.75) is 30.4 Å². The number of hydrogen-bond donors (Lipinski definition) is 1. The summed E-state index contributed by atoms with van der Waals surface area (Å²) in [5.41, 5.74) is 2.68. The molecule has 0 unspecified atom stereocenters. The molecule has 0 amide bonds. The minimum atomic E-state index is -1.19. The van der Waals surface area contributed by atoms with Crippen LogP contribution in [0.25, 0.3) is 5.69 Å². The number of carboxylic acids is 1. The second-order valence-corrected chi connectivity index (χ2v) is 9.13. The second kappa shape index (κ2) is 6.86. The van der Waals surface area contributed by atoms with E-state index in [0.29, 0.717) is 22.8 Å². The van der Waals surface area contributed by atoms with Gasteiger partial charge in [-0.25, -0.2) is 4.79 Å². The third-order valence-corrected chi connectivity index (χ3v) is 7.50. The average Bonchev–Trinajstić information content (AvgIpc) is 2.93. The fourth-order valence-electron chi connectivity index (χ4n) is 3.55. The van der Waals surface area contributed by atoms with E-state index in [1.165, 1.54) is 16.5 Å². The van der Waals surface area contributed by atoms with Gasteiger partial charge in [-0.05, 0) is 49.1 Å². The maximum atomic E-state index is 12.5. The molecule has 1 aliphatic rings. The Kier molecular flexibility index (Phi) is 4.66. The van der Waals surface area contributed by atoms with E-state index in [-0.39, 0.29) is 10.8 Å². The molecule has 1 aliphatic heterocycles. The number of carboxylic acid groups (broad SMARTS) is 1. The first kappa shape index (κ1) is 18.3. The van der Waals surface area contributed by atoms with Crippen LogP contribution < -0.4 is 5.43 Å². The third-order valence-electron chi connectivity index (χ3n) is 4.72. The van der Waals surface area contributed by atoms with Gasteiger partial charge in [0.05, 0.1) is 5.69 Å². The summed E-state index contributed by atoms with van der Waals surface area (Å²) >= 11 is 9.56. The van der Waals surface area contributed by atoms with Crippen molar-refractivity contribution in [3.8, 4) is 5.69 Å². The molecule has 0 radical (unpaired) electrons. The number of benzene rings is 1. The predicted octanol–water partition coefficient (Wildman–Crippen LogP) is 5.26. The lowest BCUT2D eigenvalue weighted by Crippen LogP contribution is -2.24. The quantitative estimate of drug-likeness (QED) is 0.618. The van der Waals surface area contributed by atoms with Crippen molar-refractivity contribution >= 4 is 40.7 Å². The highest BCUT2D eigenvalue weighted by molar-refractivity contribution is 7.99. The Morgan fingerprint density at radius 2 is 2.04 bits per heavy atom. The molecule has 0 bridgehead atoms. The number of nitrogens with zero attached hydrogens (tertiary/aromatic N) is 1. The SMILES string of the molecule is Cc1ccsc1[C@H]1Cc2c(C(=O)O)c(=O)cc(C)n2-c2ccc(Cl)cc2S1. The van der Waals surface area contributed by atoms with Gasteiger partial charge in [-0.3, -0.25) is 4.79 Å². The molecule has 4 nitrogen and oxygen atoms in total. The molecule has 7 heteroatoms. The lowest BCUT2D eigenvalue weighted by molar-refractivity contribution is 0.0693. The van der Waals surface area contributed by atoms with Gasteiger partial charge in [0.1, 0.15) is 5.56 Å². The number of halogens is 1. The highest BCUT2D eigenvalue weighted by Crippen LogP contribution is 2.47. The number of thiophene rings is 1. The van der Waals surface area contributed by atoms with Crippen molar-refractivity contribution in [2.24, 2.45) is 0 Å². The van der Waals surface area contributed by atoms with Crippen LogP contribution in [0.5, 0.6) is 0 Å². The second-order valence-electron chi connectivity index (χ2n) is 6.50. The Balaban J connectivity index is 2.06. The summed E-state index contributed by atoms with van der Waals surface area (Å²) < 4.78 is 1.90. The first-order valence-corrected chi connectivity index (χ1v) is 10.5. The first-order valence-electron chi connectivity index (χ1n) is 8.36. The summed E-state index contributed by atoms with van der Waals surface area (Å²) in [5, 5.41) is 12.4. The summed E-state index contributed by atoms with van der Waals surface area (Å²) in [6, 6.07) is 9.05. The van der Waals surface area contributed by atoms with Gasteiger partial charge in [0, 0.05) is 43.9 Å². The molecule has 0 saturated carbocycles. The predicted molar refractivity (Wildman–Crippen MR) is 110 cm³/mol. The first-order chi connectivity index (χ1) is 12.9. The van der Waals surface area contributed by atoms with E-state index in [4.69, 9.17) is 11.6 Å². The zero-order valence-electron chi connectivity index (χ0n) is 14.7. The molecule has 27 heavy (non-hydrogen) atoms. The summed E-state index contributed by atoms with van der Waals surface area (Å²) in [6.45, 7) is 3.88. The van der Waals surface area contributed by atoms with Crippen molar-refractivity contribution in [3.05, 3.63) is 78.3 Å². The van der Waals surface area contributed by atoms with Crippen LogP contribution >= 0.6 is 34.7 Å². The van der Waals surface area contributed by atoms with Crippen LogP contribution in [-0.4, -0.2) is 15.6 Å². The van der Waals surface area contributed by atoms with Gasteiger partial charge in [-0.1, -0.05) is 11.6 Å². The number of hydrogen-bond acceptors (Lipinski definition) is 4. The van der Waals surface area contributed by atoms with E-state index in [9.17, 15) is 14.7 Å². The number of aryl methyl sites for hydroxylation is 2. The molecule has 1 atom stereocenters. The van der Waals surface area contributed by atoms with Crippen molar-refractivity contribution < 1.29 is 9.90 Å². The molecule has 3 heterocycles. The van der Waals surface area contributed by atoms with E-state index in [1.54, 1.807) is 29.2 Å². The Morgan fingerprint density at radius 3 is 2.70 bits per heavy atom. The summed E-state index contributed by atoms with van der Waals surface area (Å²) in [4.78, 5) is 26.5. The summed E-state index contributed by atoms with van der Waals surface area (Å²) in [7, 11) is 0. The Labute approximate surface area is 169 Å². The van der Waals surface area contributed by atoms with E-state index in [0.717, 1.165) is 10.6 Å². The molecule has 4 rings (SSSR count). The molecule has 0 aliphatic carbocycles. The molecular formula is C20H16ClNO3S2. The minimum absolute atomic E-state index is 0.00951. The lowest BCUT2D eigenvalue weighted by Gasteiger charge is -2.18. The van der Waals surface area contributed by atoms with Gasteiger partial charge in [-0.2, -0.15) is 0 Å². The fraction of sp³-hybridized carbons (Fsp3) is 0.200. The monoisotopic (exact) mass is 417 g/mol. The minimum Gasteiger partial charge on any atom is -0.477 e. The van der Waals surface area contributed by atoms with E-state index >= 15 is 0 Å². The standard InChI is InChI=1S/C20H16ClNO3S2/c1-10-5-6-26-19(10)17-9-14-18(20(24)25)15(23)7-11(2)22(14)13-4-3-12(21)8-16(13)27-17/h3-8,17H,9H2,1-2H3,(H,24,25)/t17-/m1/s1. The maximum Gasteiger partial charge on any atom is 0.341 e. The molecule has 138 valence electrons. The van der Waals surface area contributed by atoms with Crippen LogP contribution in [0, 0.1) is 13.8 Å². The number of aromatic nitrogens is 1.